The minimum Gasteiger partial charge on any atom is -0.359 e. The van der Waals surface area contributed by atoms with Gasteiger partial charge in [0.2, 0.25) is 0 Å². The molecule has 1 aromatic carbocycles. The molecule has 2 heterocycles. The number of aryl methyl sites for hydroxylation is 2. The Morgan fingerprint density at radius 1 is 1.24 bits per heavy atom. The molecule has 0 unspecified atom stereocenters. The highest BCUT2D eigenvalue weighted by molar-refractivity contribution is 5.88. The van der Waals surface area contributed by atoms with Gasteiger partial charge in [0.1, 0.15) is 5.82 Å². The van der Waals surface area contributed by atoms with E-state index in [0.717, 1.165) is 23.4 Å². The van der Waals surface area contributed by atoms with E-state index in [1.54, 1.807) is 4.68 Å². The SMILES string of the molecule is CCc1cc(CNC(=O)Nc2cc(C)nn2Cc2ccccc2)on1. The molecular weight excluding hydrogens is 318 g/mol. The van der Waals surface area contributed by atoms with Gasteiger partial charge in [-0.25, -0.2) is 9.48 Å². The average molecular weight is 339 g/mol. The maximum atomic E-state index is 12.2. The summed E-state index contributed by atoms with van der Waals surface area (Å²) in [4.78, 5) is 12.2. The maximum Gasteiger partial charge on any atom is 0.320 e. The Labute approximate surface area is 146 Å². The number of carbonyl (C=O) groups is 1. The van der Waals surface area contributed by atoms with Gasteiger partial charge in [0.15, 0.2) is 5.76 Å². The van der Waals surface area contributed by atoms with Gasteiger partial charge in [-0.2, -0.15) is 5.10 Å². The van der Waals surface area contributed by atoms with Crippen LogP contribution in [0, 0.1) is 6.92 Å². The third-order valence-corrected chi connectivity index (χ3v) is 3.71. The van der Waals surface area contributed by atoms with Crippen molar-refractivity contribution in [2.45, 2.75) is 33.4 Å². The zero-order valence-electron chi connectivity index (χ0n) is 14.3. The molecule has 0 aliphatic heterocycles. The van der Waals surface area contributed by atoms with Crippen LogP contribution < -0.4 is 10.6 Å². The molecule has 3 aromatic rings. The van der Waals surface area contributed by atoms with Crippen molar-refractivity contribution >= 4 is 11.8 Å². The first-order chi connectivity index (χ1) is 12.1. The number of amides is 2. The van der Waals surface area contributed by atoms with Crippen molar-refractivity contribution in [3.05, 3.63) is 65.2 Å². The third-order valence-electron chi connectivity index (χ3n) is 3.71. The predicted octanol–water partition coefficient (Wildman–Crippen LogP) is 3.11. The van der Waals surface area contributed by atoms with Gasteiger partial charge in [0.05, 0.1) is 24.5 Å². The largest absolute Gasteiger partial charge is 0.359 e. The molecule has 0 saturated carbocycles. The van der Waals surface area contributed by atoms with E-state index in [4.69, 9.17) is 4.52 Å². The van der Waals surface area contributed by atoms with Crippen molar-refractivity contribution in [2.24, 2.45) is 0 Å². The molecule has 0 atom stereocenters. The summed E-state index contributed by atoms with van der Waals surface area (Å²) < 4.78 is 6.92. The van der Waals surface area contributed by atoms with E-state index in [0.29, 0.717) is 18.1 Å². The van der Waals surface area contributed by atoms with Crippen LogP contribution in [0.25, 0.3) is 0 Å². The number of carbonyl (C=O) groups excluding carboxylic acids is 1. The zero-order valence-corrected chi connectivity index (χ0v) is 14.3. The lowest BCUT2D eigenvalue weighted by Gasteiger charge is -2.09. The predicted molar refractivity (Wildman–Crippen MR) is 94.2 cm³/mol. The Kier molecular flexibility index (Phi) is 5.13. The number of benzene rings is 1. The summed E-state index contributed by atoms with van der Waals surface area (Å²) in [6.45, 7) is 4.76. The van der Waals surface area contributed by atoms with Crippen molar-refractivity contribution in [3.8, 4) is 0 Å². The van der Waals surface area contributed by atoms with E-state index in [1.807, 2.05) is 56.3 Å². The van der Waals surface area contributed by atoms with Gasteiger partial charge in [-0.3, -0.25) is 5.32 Å². The Morgan fingerprint density at radius 2 is 2.04 bits per heavy atom. The molecule has 0 saturated heterocycles. The first-order valence-corrected chi connectivity index (χ1v) is 8.21. The maximum absolute atomic E-state index is 12.2. The fourth-order valence-corrected chi connectivity index (χ4v) is 2.46. The van der Waals surface area contributed by atoms with E-state index in [1.165, 1.54) is 0 Å². The van der Waals surface area contributed by atoms with Gasteiger partial charge >= 0.3 is 6.03 Å². The van der Waals surface area contributed by atoms with Crippen LogP contribution in [0.2, 0.25) is 0 Å². The quantitative estimate of drug-likeness (QED) is 0.722. The number of nitrogens with one attached hydrogen (secondary N) is 2. The second-order valence-corrected chi connectivity index (χ2v) is 5.76. The Balaban J connectivity index is 1.61. The summed E-state index contributed by atoms with van der Waals surface area (Å²) in [6, 6.07) is 13.3. The topological polar surface area (TPSA) is 85.0 Å². The summed E-state index contributed by atoms with van der Waals surface area (Å²) in [5.74, 6) is 1.27. The Hall–Kier alpha value is -3.09. The molecule has 0 aliphatic rings. The van der Waals surface area contributed by atoms with Crippen LogP contribution in [0.5, 0.6) is 0 Å². The highest BCUT2D eigenvalue weighted by Crippen LogP contribution is 2.13. The van der Waals surface area contributed by atoms with E-state index in [-0.39, 0.29) is 12.6 Å². The van der Waals surface area contributed by atoms with E-state index in [2.05, 4.69) is 20.9 Å². The number of aromatic nitrogens is 3. The fourth-order valence-electron chi connectivity index (χ4n) is 2.46. The smallest absolute Gasteiger partial charge is 0.320 e. The zero-order chi connectivity index (χ0) is 17.6. The second kappa shape index (κ2) is 7.65. The van der Waals surface area contributed by atoms with Crippen molar-refractivity contribution in [1.29, 1.82) is 0 Å². The molecule has 2 N–H and O–H groups in total. The Morgan fingerprint density at radius 3 is 2.76 bits per heavy atom. The summed E-state index contributed by atoms with van der Waals surface area (Å²) in [6.07, 6.45) is 0.799. The second-order valence-electron chi connectivity index (χ2n) is 5.76. The van der Waals surface area contributed by atoms with Crippen molar-refractivity contribution in [1.82, 2.24) is 20.3 Å². The van der Waals surface area contributed by atoms with Crippen LogP contribution in [0.15, 0.2) is 47.0 Å². The number of rotatable bonds is 6. The lowest BCUT2D eigenvalue weighted by atomic mass is 10.2. The van der Waals surface area contributed by atoms with E-state index >= 15 is 0 Å². The van der Waals surface area contributed by atoms with Crippen molar-refractivity contribution in [3.63, 3.8) is 0 Å². The molecule has 2 aromatic heterocycles. The van der Waals surface area contributed by atoms with Gasteiger partial charge < -0.3 is 9.84 Å². The average Bonchev–Trinajstić information content (AvgIpc) is 3.20. The fraction of sp³-hybridized carbons (Fsp3) is 0.278. The van der Waals surface area contributed by atoms with Crippen molar-refractivity contribution in [2.75, 3.05) is 5.32 Å². The van der Waals surface area contributed by atoms with Gasteiger partial charge in [0.25, 0.3) is 0 Å². The van der Waals surface area contributed by atoms with Gasteiger partial charge in [-0.05, 0) is 18.9 Å². The molecule has 25 heavy (non-hydrogen) atoms. The van der Waals surface area contributed by atoms with Crippen LogP contribution in [0.3, 0.4) is 0 Å². The van der Waals surface area contributed by atoms with Crippen LogP contribution in [-0.2, 0) is 19.5 Å². The molecule has 0 spiro atoms. The molecule has 130 valence electrons. The number of urea groups is 1. The minimum atomic E-state index is -0.316. The lowest BCUT2D eigenvalue weighted by Crippen LogP contribution is -2.29. The normalized spacial score (nSPS) is 10.6. The Bertz CT molecular complexity index is 838. The summed E-state index contributed by atoms with van der Waals surface area (Å²) in [7, 11) is 0. The summed E-state index contributed by atoms with van der Waals surface area (Å²) in [5.41, 5.74) is 2.82. The number of hydrogen-bond acceptors (Lipinski definition) is 4. The first-order valence-electron chi connectivity index (χ1n) is 8.21. The minimum absolute atomic E-state index is 0.282. The van der Waals surface area contributed by atoms with Crippen LogP contribution in [0.1, 0.15) is 29.6 Å². The standard InChI is InChI=1S/C18H21N5O2/c1-3-15-10-16(25-22-15)11-19-18(24)20-17-9-13(2)21-23(17)12-14-7-5-4-6-8-14/h4-10H,3,11-12H2,1-2H3,(H2,19,20,24). The molecule has 3 rings (SSSR count). The summed E-state index contributed by atoms with van der Waals surface area (Å²) >= 11 is 0. The first kappa shape index (κ1) is 16.8. The molecule has 0 bridgehead atoms. The van der Waals surface area contributed by atoms with Crippen LogP contribution >= 0.6 is 0 Å². The number of hydrogen-bond donors (Lipinski definition) is 2. The summed E-state index contributed by atoms with van der Waals surface area (Å²) in [5, 5.41) is 13.9. The van der Waals surface area contributed by atoms with Gasteiger partial charge in [-0.15, -0.1) is 0 Å². The molecule has 7 nitrogen and oxygen atoms in total. The molecule has 7 heteroatoms. The number of anilines is 1. The highest BCUT2D eigenvalue weighted by Gasteiger charge is 2.11. The van der Waals surface area contributed by atoms with E-state index < -0.39 is 0 Å². The molecule has 0 fully saturated rings. The monoisotopic (exact) mass is 339 g/mol. The van der Waals surface area contributed by atoms with Gasteiger partial charge in [0, 0.05) is 12.1 Å². The third kappa shape index (κ3) is 4.47. The molecule has 0 radical (unpaired) electrons. The molecule has 2 amide bonds. The van der Waals surface area contributed by atoms with E-state index in [9.17, 15) is 4.79 Å². The number of nitrogens with zero attached hydrogens (tertiary/aromatic N) is 3. The van der Waals surface area contributed by atoms with Crippen LogP contribution in [0.4, 0.5) is 10.6 Å². The molecular formula is C18H21N5O2. The van der Waals surface area contributed by atoms with Crippen molar-refractivity contribution < 1.29 is 9.32 Å². The van der Waals surface area contributed by atoms with Gasteiger partial charge in [-0.1, -0.05) is 42.4 Å². The van der Waals surface area contributed by atoms with Crippen LogP contribution in [-0.4, -0.2) is 21.0 Å². The molecule has 0 aliphatic carbocycles. The lowest BCUT2D eigenvalue weighted by molar-refractivity contribution is 0.250. The highest BCUT2D eigenvalue weighted by atomic mass is 16.5.